The van der Waals surface area contributed by atoms with E-state index in [0.29, 0.717) is 12.6 Å². The fraction of sp³-hybridized carbons (Fsp3) is 0.333. The second kappa shape index (κ2) is 7.79. The van der Waals surface area contributed by atoms with E-state index in [9.17, 15) is 4.39 Å². The number of halogens is 1. The van der Waals surface area contributed by atoms with Gasteiger partial charge in [0.15, 0.2) is 0 Å². The van der Waals surface area contributed by atoms with Crippen LogP contribution in [0.25, 0.3) is 0 Å². The number of hydrogen-bond donors (Lipinski definition) is 1. The second-order valence-corrected chi connectivity index (χ2v) is 5.29. The summed E-state index contributed by atoms with van der Waals surface area (Å²) in [5.41, 5.74) is 2.24. The Kier molecular flexibility index (Phi) is 5.76. The highest BCUT2D eigenvalue weighted by Crippen LogP contribution is 2.17. The van der Waals surface area contributed by atoms with Crippen molar-refractivity contribution in [1.29, 1.82) is 0 Å². The molecular weight excluding hydrogens is 265 g/mol. The van der Waals surface area contributed by atoms with Crippen LogP contribution in [0.1, 0.15) is 24.5 Å². The summed E-state index contributed by atoms with van der Waals surface area (Å²) in [6, 6.07) is 15.1. The average molecular weight is 287 g/mol. The molecule has 0 aliphatic rings. The maximum Gasteiger partial charge on any atom is 0.123 e. The normalized spacial score (nSPS) is 12.1. The first-order chi connectivity index (χ1) is 10.2. The van der Waals surface area contributed by atoms with Crippen molar-refractivity contribution in [2.75, 3.05) is 7.05 Å². The molecule has 1 unspecified atom stereocenters. The minimum Gasteiger partial charge on any atom is -0.489 e. The Labute approximate surface area is 126 Å². The van der Waals surface area contributed by atoms with Crippen molar-refractivity contribution < 1.29 is 9.13 Å². The largest absolute Gasteiger partial charge is 0.489 e. The van der Waals surface area contributed by atoms with Gasteiger partial charge in [0.1, 0.15) is 18.2 Å². The van der Waals surface area contributed by atoms with E-state index in [1.165, 1.54) is 17.7 Å². The highest BCUT2D eigenvalue weighted by Gasteiger charge is 2.02. The minimum absolute atomic E-state index is 0.223. The van der Waals surface area contributed by atoms with Crippen molar-refractivity contribution in [1.82, 2.24) is 5.32 Å². The Bertz CT molecular complexity index is 553. The van der Waals surface area contributed by atoms with Crippen molar-refractivity contribution in [2.24, 2.45) is 0 Å². The molecule has 2 rings (SSSR count). The average Bonchev–Trinajstić information content (AvgIpc) is 2.52. The molecule has 1 atom stereocenters. The third kappa shape index (κ3) is 5.20. The molecule has 0 amide bonds. The van der Waals surface area contributed by atoms with Gasteiger partial charge in [0.05, 0.1) is 0 Å². The maximum absolute atomic E-state index is 12.8. The molecule has 2 aromatic rings. The molecule has 0 spiro atoms. The molecule has 1 N–H and O–H groups in total. The van der Waals surface area contributed by atoms with Crippen LogP contribution in [-0.2, 0) is 13.0 Å². The predicted octanol–water partition coefficient (Wildman–Crippen LogP) is 3.95. The zero-order valence-corrected chi connectivity index (χ0v) is 12.6. The monoisotopic (exact) mass is 287 g/mol. The molecule has 0 saturated carbocycles. The lowest BCUT2D eigenvalue weighted by molar-refractivity contribution is 0.305. The van der Waals surface area contributed by atoms with E-state index in [-0.39, 0.29) is 5.82 Å². The Morgan fingerprint density at radius 2 is 1.86 bits per heavy atom. The van der Waals surface area contributed by atoms with Crippen LogP contribution >= 0.6 is 0 Å². The highest BCUT2D eigenvalue weighted by molar-refractivity contribution is 5.29. The Morgan fingerprint density at radius 1 is 1.10 bits per heavy atom. The van der Waals surface area contributed by atoms with E-state index in [1.54, 1.807) is 12.1 Å². The topological polar surface area (TPSA) is 21.3 Å². The summed E-state index contributed by atoms with van der Waals surface area (Å²) in [6.07, 6.45) is 2.12. The molecule has 0 heterocycles. The lowest BCUT2D eigenvalue weighted by Crippen LogP contribution is -2.21. The first-order valence-electron chi connectivity index (χ1n) is 7.31. The van der Waals surface area contributed by atoms with E-state index in [0.717, 1.165) is 24.2 Å². The third-order valence-corrected chi connectivity index (χ3v) is 3.58. The Balaban J connectivity index is 1.90. The van der Waals surface area contributed by atoms with Gasteiger partial charge in [0.25, 0.3) is 0 Å². The van der Waals surface area contributed by atoms with Crippen LogP contribution in [0.2, 0.25) is 0 Å². The second-order valence-electron chi connectivity index (χ2n) is 5.29. The molecule has 0 fully saturated rings. The zero-order chi connectivity index (χ0) is 15.1. The Morgan fingerprint density at radius 3 is 2.57 bits per heavy atom. The van der Waals surface area contributed by atoms with Gasteiger partial charge in [0.2, 0.25) is 0 Å². The van der Waals surface area contributed by atoms with Gasteiger partial charge in [-0.15, -0.1) is 0 Å². The maximum atomic E-state index is 12.8. The summed E-state index contributed by atoms with van der Waals surface area (Å²) in [7, 11) is 1.98. The SMILES string of the molecule is CNC(C)CCc1cccc(OCc2ccc(F)cc2)c1. The van der Waals surface area contributed by atoms with Crippen molar-refractivity contribution in [3.05, 3.63) is 65.5 Å². The zero-order valence-electron chi connectivity index (χ0n) is 12.6. The van der Waals surface area contributed by atoms with Gasteiger partial charge < -0.3 is 10.1 Å². The van der Waals surface area contributed by atoms with Crippen molar-refractivity contribution in [3.8, 4) is 5.75 Å². The first kappa shape index (κ1) is 15.5. The van der Waals surface area contributed by atoms with Gasteiger partial charge in [-0.3, -0.25) is 0 Å². The molecular formula is C18H22FNO. The van der Waals surface area contributed by atoms with Crippen LogP contribution in [0.5, 0.6) is 5.75 Å². The molecule has 2 aromatic carbocycles. The van der Waals surface area contributed by atoms with Crippen molar-refractivity contribution in [3.63, 3.8) is 0 Å². The highest BCUT2D eigenvalue weighted by atomic mass is 19.1. The van der Waals surface area contributed by atoms with E-state index >= 15 is 0 Å². The van der Waals surface area contributed by atoms with Gasteiger partial charge in [-0.05, 0) is 62.2 Å². The predicted molar refractivity (Wildman–Crippen MR) is 84.0 cm³/mol. The molecule has 112 valence electrons. The summed E-state index contributed by atoms with van der Waals surface area (Å²) in [4.78, 5) is 0. The molecule has 0 saturated heterocycles. The minimum atomic E-state index is -0.223. The van der Waals surface area contributed by atoms with Gasteiger partial charge in [0, 0.05) is 6.04 Å². The lowest BCUT2D eigenvalue weighted by Gasteiger charge is -2.11. The molecule has 2 nitrogen and oxygen atoms in total. The fourth-order valence-electron chi connectivity index (χ4n) is 2.07. The van der Waals surface area contributed by atoms with Crippen LogP contribution in [0.3, 0.4) is 0 Å². The van der Waals surface area contributed by atoms with E-state index < -0.39 is 0 Å². The van der Waals surface area contributed by atoms with Crippen LogP contribution in [0.4, 0.5) is 4.39 Å². The number of hydrogen-bond acceptors (Lipinski definition) is 2. The fourth-order valence-corrected chi connectivity index (χ4v) is 2.07. The summed E-state index contributed by atoms with van der Waals surface area (Å²) in [5, 5.41) is 3.24. The standard InChI is InChI=1S/C18H22FNO/c1-14(20-2)6-7-15-4-3-5-18(12-15)21-13-16-8-10-17(19)11-9-16/h3-5,8-12,14,20H,6-7,13H2,1-2H3. The van der Waals surface area contributed by atoms with Crippen LogP contribution in [0.15, 0.2) is 48.5 Å². The molecule has 0 aromatic heterocycles. The van der Waals surface area contributed by atoms with Crippen LogP contribution in [-0.4, -0.2) is 13.1 Å². The third-order valence-electron chi connectivity index (χ3n) is 3.58. The number of aryl methyl sites for hydroxylation is 1. The van der Waals surface area contributed by atoms with Crippen LogP contribution < -0.4 is 10.1 Å². The smallest absolute Gasteiger partial charge is 0.123 e. The number of ether oxygens (including phenoxy) is 1. The number of benzene rings is 2. The lowest BCUT2D eigenvalue weighted by atomic mass is 10.1. The molecule has 3 heteroatoms. The van der Waals surface area contributed by atoms with Gasteiger partial charge in [-0.2, -0.15) is 0 Å². The Hall–Kier alpha value is -1.87. The molecule has 21 heavy (non-hydrogen) atoms. The summed E-state index contributed by atoms with van der Waals surface area (Å²) in [6.45, 7) is 2.63. The van der Waals surface area contributed by atoms with Gasteiger partial charge in [-0.1, -0.05) is 24.3 Å². The summed E-state index contributed by atoms with van der Waals surface area (Å²) in [5.74, 6) is 0.633. The van der Waals surface area contributed by atoms with E-state index in [4.69, 9.17) is 4.74 Å². The van der Waals surface area contributed by atoms with Gasteiger partial charge >= 0.3 is 0 Å². The van der Waals surface area contributed by atoms with Crippen molar-refractivity contribution >= 4 is 0 Å². The summed E-state index contributed by atoms with van der Waals surface area (Å²) < 4.78 is 18.6. The molecule has 0 aliphatic heterocycles. The van der Waals surface area contributed by atoms with Crippen LogP contribution in [0, 0.1) is 5.82 Å². The molecule has 0 radical (unpaired) electrons. The van der Waals surface area contributed by atoms with E-state index in [2.05, 4.69) is 24.4 Å². The van der Waals surface area contributed by atoms with Gasteiger partial charge in [-0.25, -0.2) is 4.39 Å². The summed E-state index contributed by atoms with van der Waals surface area (Å²) >= 11 is 0. The van der Waals surface area contributed by atoms with E-state index in [1.807, 2.05) is 19.2 Å². The molecule has 0 aliphatic carbocycles. The number of nitrogens with one attached hydrogen (secondary N) is 1. The number of rotatable bonds is 7. The quantitative estimate of drug-likeness (QED) is 0.832. The molecule has 0 bridgehead atoms. The van der Waals surface area contributed by atoms with Crippen molar-refractivity contribution in [2.45, 2.75) is 32.4 Å². The first-order valence-corrected chi connectivity index (χ1v) is 7.31.